The molecule has 0 heterocycles. The van der Waals surface area contributed by atoms with E-state index in [1.807, 2.05) is 48.5 Å². The number of nitrogens with zero attached hydrogens (tertiary/aromatic N) is 1. The average Bonchev–Trinajstić information content (AvgIpc) is 3.24. The molecule has 8 nitrogen and oxygen atoms in total. The molecule has 0 amide bonds. The van der Waals surface area contributed by atoms with Gasteiger partial charge in [-0.25, -0.2) is 14.4 Å². The zero-order valence-electron chi connectivity index (χ0n) is 19.4. The van der Waals surface area contributed by atoms with Gasteiger partial charge in [-0.2, -0.15) is 5.26 Å². The van der Waals surface area contributed by atoms with Crippen molar-refractivity contribution in [2.45, 2.75) is 31.2 Å². The number of carbonyl (C=O) groups excluding carboxylic acids is 3. The van der Waals surface area contributed by atoms with Crippen molar-refractivity contribution in [1.29, 1.82) is 5.26 Å². The summed E-state index contributed by atoms with van der Waals surface area (Å²) in [5, 5.41) is 9.01. The lowest BCUT2D eigenvalue weighted by atomic mass is 9.91. The number of hydrogen-bond acceptors (Lipinski definition) is 8. The molecule has 0 saturated carbocycles. The maximum atomic E-state index is 13.4. The number of hydrogen-bond donors (Lipinski definition) is 0. The molecule has 0 aromatic heterocycles. The van der Waals surface area contributed by atoms with Crippen LogP contribution in [0, 0.1) is 11.3 Å². The van der Waals surface area contributed by atoms with Crippen molar-refractivity contribution >= 4 is 18.4 Å². The van der Waals surface area contributed by atoms with Gasteiger partial charge in [0.2, 0.25) is 12.2 Å². The highest BCUT2D eigenvalue weighted by Gasteiger charge is 2.42. The van der Waals surface area contributed by atoms with Crippen LogP contribution in [0.4, 0.5) is 0 Å². The van der Waals surface area contributed by atoms with E-state index in [1.165, 1.54) is 0 Å². The van der Waals surface area contributed by atoms with E-state index < -0.39 is 36.5 Å². The van der Waals surface area contributed by atoms with Crippen molar-refractivity contribution < 1.29 is 33.3 Å². The Bertz CT molecular complexity index is 1250. The highest BCUT2D eigenvalue weighted by atomic mass is 16.6. The van der Waals surface area contributed by atoms with Gasteiger partial charge in [0.15, 0.2) is 0 Å². The second kappa shape index (κ2) is 11.2. The number of benzene rings is 3. The van der Waals surface area contributed by atoms with Crippen molar-refractivity contribution in [2.75, 3.05) is 7.11 Å². The first-order chi connectivity index (χ1) is 17.6. The summed E-state index contributed by atoms with van der Waals surface area (Å²) < 4.78 is 20.9. The second-order valence-electron chi connectivity index (χ2n) is 8.02. The Morgan fingerprint density at radius 1 is 0.917 bits per heavy atom. The predicted molar refractivity (Wildman–Crippen MR) is 127 cm³/mol. The van der Waals surface area contributed by atoms with Crippen LogP contribution in [0.1, 0.15) is 29.0 Å². The van der Waals surface area contributed by atoms with E-state index in [2.05, 4.69) is 4.74 Å². The molecule has 0 fully saturated rings. The first-order valence-electron chi connectivity index (χ1n) is 11.2. The number of fused-ring (bicyclic) bond motifs is 3. The van der Waals surface area contributed by atoms with Crippen molar-refractivity contribution in [3.05, 3.63) is 89.5 Å². The number of esters is 2. The van der Waals surface area contributed by atoms with Gasteiger partial charge in [0.1, 0.15) is 12.4 Å². The van der Waals surface area contributed by atoms with Crippen molar-refractivity contribution in [1.82, 2.24) is 0 Å². The lowest BCUT2D eigenvalue weighted by Crippen LogP contribution is -2.38. The van der Waals surface area contributed by atoms with E-state index >= 15 is 0 Å². The maximum Gasteiger partial charge on any atom is 0.418 e. The average molecular weight is 484 g/mol. The molecule has 0 saturated heterocycles. The summed E-state index contributed by atoms with van der Waals surface area (Å²) in [7, 11) is 1.55. The molecular weight excluding hydrogens is 462 g/mol. The third kappa shape index (κ3) is 5.05. The summed E-state index contributed by atoms with van der Waals surface area (Å²) in [5.41, 5.74) is 4.11. The third-order valence-corrected chi connectivity index (χ3v) is 5.93. The Balaban J connectivity index is 1.66. The predicted octanol–water partition coefficient (Wildman–Crippen LogP) is 3.83. The van der Waals surface area contributed by atoms with E-state index in [-0.39, 0.29) is 6.61 Å². The second-order valence-corrected chi connectivity index (χ2v) is 8.02. The first-order valence-corrected chi connectivity index (χ1v) is 11.2. The molecule has 0 aliphatic heterocycles. The largest absolute Gasteiger partial charge is 0.497 e. The summed E-state index contributed by atoms with van der Waals surface area (Å²) in [5.74, 6) is -1.81. The van der Waals surface area contributed by atoms with E-state index in [9.17, 15) is 14.4 Å². The number of methoxy groups -OCH3 is 1. The minimum Gasteiger partial charge on any atom is -0.497 e. The Labute approximate surface area is 208 Å². The third-order valence-electron chi connectivity index (χ3n) is 5.93. The van der Waals surface area contributed by atoms with Crippen LogP contribution in [0.5, 0.6) is 5.75 Å². The van der Waals surface area contributed by atoms with Crippen molar-refractivity contribution in [3.8, 4) is 22.9 Å². The highest BCUT2D eigenvalue weighted by molar-refractivity contribution is 5.87. The Hall–Kier alpha value is -4.64. The van der Waals surface area contributed by atoms with Gasteiger partial charge in [-0.3, -0.25) is 0 Å². The normalized spacial score (nSPS) is 13.3. The maximum absolute atomic E-state index is 13.4. The molecule has 1 aliphatic carbocycles. The monoisotopic (exact) mass is 484 g/mol. The summed E-state index contributed by atoms with van der Waals surface area (Å²) in [4.78, 5) is 37.0. The molecule has 4 rings (SSSR count). The zero-order valence-corrected chi connectivity index (χ0v) is 19.4. The highest BCUT2D eigenvalue weighted by Crippen LogP contribution is 2.47. The van der Waals surface area contributed by atoms with Crippen LogP contribution in [-0.2, 0) is 35.2 Å². The van der Waals surface area contributed by atoms with Gasteiger partial charge in [-0.1, -0.05) is 60.7 Å². The van der Waals surface area contributed by atoms with Gasteiger partial charge in [-0.15, -0.1) is 0 Å². The van der Waals surface area contributed by atoms with E-state index in [4.69, 9.17) is 19.5 Å². The molecule has 1 aliphatic rings. The van der Waals surface area contributed by atoms with Crippen LogP contribution in [-0.4, -0.2) is 37.7 Å². The number of rotatable bonds is 10. The van der Waals surface area contributed by atoms with Gasteiger partial charge in [0.05, 0.1) is 25.5 Å². The van der Waals surface area contributed by atoms with Crippen LogP contribution in [0.3, 0.4) is 0 Å². The standard InChI is InChI=1S/C28H22NO7/c1-33-19-12-10-18(11-13-19)16-34-28(32)26(36-27(31)24(14-15-29)35-17-30)25-22-8-4-2-6-20(22)21-7-3-5-9-23(21)25/h2-13,24-26H,14,16H2,1H3. The zero-order chi connectivity index (χ0) is 25.5. The van der Waals surface area contributed by atoms with Crippen LogP contribution >= 0.6 is 0 Å². The molecule has 0 bridgehead atoms. The smallest absolute Gasteiger partial charge is 0.418 e. The quantitative estimate of drug-likeness (QED) is 0.315. The fourth-order valence-electron chi connectivity index (χ4n) is 4.25. The van der Waals surface area contributed by atoms with Crippen LogP contribution < -0.4 is 4.74 Å². The summed E-state index contributed by atoms with van der Waals surface area (Å²) in [6.07, 6.45) is -3.35. The summed E-state index contributed by atoms with van der Waals surface area (Å²) in [6.45, 7) is 1.10. The van der Waals surface area contributed by atoms with Gasteiger partial charge >= 0.3 is 18.4 Å². The molecule has 181 valence electrons. The summed E-state index contributed by atoms with van der Waals surface area (Å²) >= 11 is 0. The molecule has 1 radical (unpaired) electrons. The van der Waals surface area contributed by atoms with E-state index in [0.29, 0.717) is 11.3 Å². The van der Waals surface area contributed by atoms with Gasteiger partial charge in [0.25, 0.3) is 0 Å². The number of carbonyl (C=O) groups is 2. The van der Waals surface area contributed by atoms with Crippen molar-refractivity contribution in [2.24, 2.45) is 0 Å². The first kappa shape index (κ1) is 24.5. The molecular formula is C28H22NO7. The Morgan fingerprint density at radius 2 is 1.53 bits per heavy atom. The van der Waals surface area contributed by atoms with Crippen LogP contribution in [0.25, 0.3) is 11.1 Å². The lowest BCUT2D eigenvalue weighted by Gasteiger charge is -2.25. The topological polar surface area (TPSA) is 112 Å². The number of ether oxygens (including phenoxy) is 4. The van der Waals surface area contributed by atoms with Crippen LogP contribution in [0.2, 0.25) is 0 Å². The van der Waals surface area contributed by atoms with Gasteiger partial charge in [-0.05, 0) is 39.9 Å². The van der Waals surface area contributed by atoms with Crippen molar-refractivity contribution in [3.63, 3.8) is 0 Å². The molecule has 2 atom stereocenters. The minimum atomic E-state index is -1.52. The Morgan fingerprint density at radius 3 is 2.08 bits per heavy atom. The number of nitriles is 1. The van der Waals surface area contributed by atoms with E-state index in [1.54, 1.807) is 37.4 Å². The fourth-order valence-corrected chi connectivity index (χ4v) is 4.25. The molecule has 3 aromatic rings. The SMILES string of the molecule is COc1ccc(COC(=O)C(OC(=O)C(CC#N)O[C]=O)C2c3ccccc3-c3ccccc32)cc1. The van der Waals surface area contributed by atoms with Gasteiger partial charge in [0, 0.05) is 0 Å². The molecule has 8 heteroatoms. The summed E-state index contributed by atoms with van der Waals surface area (Å²) in [6, 6.07) is 23.8. The fraction of sp³-hybridized carbons (Fsp3) is 0.214. The van der Waals surface area contributed by atoms with Gasteiger partial charge < -0.3 is 18.9 Å². The molecule has 2 unspecified atom stereocenters. The molecule has 36 heavy (non-hydrogen) atoms. The minimum absolute atomic E-state index is 0.0624. The Kier molecular flexibility index (Phi) is 7.61. The van der Waals surface area contributed by atoms with E-state index in [0.717, 1.165) is 28.7 Å². The molecule has 3 aromatic carbocycles. The molecule has 0 N–H and O–H groups in total. The van der Waals surface area contributed by atoms with Crippen LogP contribution in [0.15, 0.2) is 72.8 Å². The lowest BCUT2D eigenvalue weighted by molar-refractivity contribution is -0.174. The molecule has 0 spiro atoms.